The number of hydrogen-bond donors (Lipinski definition) is 0. The van der Waals surface area contributed by atoms with Crippen molar-refractivity contribution in [2.75, 3.05) is 31.0 Å². The lowest BCUT2D eigenvalue weighted by molar-refractivity contribution is 0.217. The third-order valence-electron chi connectivity index (χ3n) is 2.60. The van der Waals surface area contributed by atoms with Crippen molar-refractivity contribution < 1.29 is 21.6 Å². The van der Waals surface area contributed by atoms with Gasteiger partial charge in [0.05, 0.1) is 40.4 Å². The molecular weight excluding hydrogens is 302 g/mol. The predicted octanol–water partition coefficient (Wildman–Crippen LogP) is 0.393. The molecule has 0 unspecified atom stereocenters. The van der Waals surface area contributed by atoms with Crippen LogP contribution in [0.4, 0.5) is 0 Å². The molecule has 0 radical (unpaired) electrons. The normalized spacial score (nSPS) is 12.0. The molecule has 0 fully saturated rings. The lowest BCUT2D eigenvalue weighted by atomic mass is 10.2. The van der Waals surface area contributed by atoms with E-state index in [9.17, 15) is 16.8 Å². The summed E-state index contributed by atoms with van der Waals surface area (Å²) in [6.07, 6.45) is 0. The van der Waals surface area contributed by atoms with Crippen LogP contribution in [0.15, 0.2) is 29.2 Å². The predicted molar refractivity (Wildman–Crippen MR) is 73.7 cm³/mol. The quantitative estimate of drug-likeness (QED) is 0.721. The molecule has 6 nitrogen and oxygen atoms in total. The maximum Gasteiger partial charge on any atom is 0.179 e. The maximum absolute atomic E-state index is 12.0. The zero-order valence-corrected chi connectivity index (χ0v) is 12.6. The number of nitriles is 1. The summed E-state index contributed by atoms with van der Waals surface area (Å²) >= 11 is 0. The van der Waals surface area contributed by atoms with E-state index in [0.29, 0.717) is 5.56 Å². The Morgan fingerprint density at radius 2 is 1.65 bits per heavy atom. The molecule has 0 aliphatic heterocycles. The highest BCUT2D eigenvalue weighted by molar-refractivity contribution is 7.95. The largest absolute Gasteiger partial charge is 0.384 e. The Labute approximate surface area is 118 Å². The minimum Gasteiger partial charge on any atom is -0.384 e. The molecule has 0 atom stereocenters. The zero-order chi connectivity index (χ0) is 15.2. The minimum absolute atomic E-state index is 0.0124. The van der Waals surface area contributed by atoms with Crippen molar-refractivity contribution in [1.29, 1.82) is 5.26 Å². The van der Waals surface area contributed by atoms with Crippen LogP contribution in [0.5, 0.6) is 0 Å². The van der Waals surface area contributed by atoms with Crippen LogP contribution in [-0.4, -0.2) is 47.8 Å². The highest BCUT2D eigenvalue weighted by atomic mass is 32.2. The van der Waals surface area contributed by atoms with Gasteiger partial charge in [0.2, 0.25) is 0 Å². The molecular formula is C12H15NO5S2. The van der Waals surface area contributed by atoms with Gasteiger partial charge in [-0.1, -0.05) is 0 Å². The van der Waals surface area contributed by atoms with Crippen LogP contribution >= 0.6 is 0 Å². The second kappa shape index (κ2) is 6.83. The fraction of sp³-hybridized carbons (Fsp3) is 0.417. The summed E-state index contributed by atoms with van der Waals surface area (Å²) in [7, 11) is -5.75. The Hall–Kier alpha value is -1.43. The number of sulfone groups is 2. The molecule has 1 rings (SSSR count). The molecule has 0 spiro atoms. The number of ether oxygens (including phenoxy) is 1. The first-order valence-electron chi connectivity index (χ1n) is 5.73. The first-order chi connectivity index (χ1) is 9.30. The van der Waals surface area contributed by atoms with Crippen LogP contribution in [0.3, 0.4) is 0 Å². The van der Waals surface area contributed by atoms with Crippen molar-refractivity contribution in [3.63, 3.8) is 0 Å². The van der Waals surface area contributed by atoms with Gasteiger partial charge in [-0.3, -0.25) is 0 Å². The van der Waals surface area contributed by atoms with Gasteiger partial charge >= 0.3 is 0 Å². The van der Waals surface area contributed by atoms with Crippen LogP contribution in [0.2, 0.25) is 0 Å². The Bertz CT molecular complexity index is 684. The van der Waals surface area contributed by atoms with E-state index in [1.807, 2.05) is 6.07 Å². The molecule has 1 aromatic carbocycles. The smallest absolute Gasteiger partial charge is 0.179 e. The number of benzene rings is 1. The SMILES string of the molecule is COCCS(=O)(=O)CCS(=O)(=O)c1ccc(C#N)cc1. The lowest BCUT2D eigenvalue weighted by Gasteiger charge is -2.06. The molecule has 0 heterocycles. The van der Waals surface area contributed by atoms with Gasteiger partial charge in [0.15, 0.2) is 19.7 Å². The maximum atomic E-state index is 12.0. The van der Waals surface area contributed by atoms with Gasteiger partial charge in [-0.15, -0.1) is 0 Å². The van der Waals surface area contributed by atoms with Crippen LogP contribution in [0.1, 0.15) is 5.56 Å². The minimum atomic E-state index is -3.67. The lowest BCUT2D eigenvalue weighted by Crippen LogP contribution is -2.21. The summed E-state index contributed by atoms with van der Waals surface area (Å²) < 4.78 is 51.8. The molecule has 20 heavy (non-hydrogen) atoms. The number of hydrogen-bond acceptors (Lipinski definition) is 6. The van der Waals surface area contributed by atoms with Gasteiger partial charge < -0.3 is 4.74 Å². The first-order valence-corrected chi connectivity index (χ1v) is 9.20. The molecule has 0 aliphatic rings. The van der Waals surface area contributed by atoms with Crippen LogP contribution in [0.25, 0.3) is 0 Å². The number of nitrogens with zero attached hydrogens (tertiary/aromatic N) is 1. The molecule has 0 aliphatic carbocycles. The van der Waals surface area contributed by atoms with Crippen molar-refractivity contribution >= 4 is 19.7 Å². The summed E-state index contributed by atoms with van der Waals surface area (Å²) in [6.45, 7) is 0.0409. The van der Waals surface area contributed by atoms with E-state index in [1.165, 1.54) is 31.4 Å². The summed E-state index contributed by atoms with van der Waals surface area (Å²) in [5.41, 5.74) is 0.344. The summed E-state index contributed by atoms with van der Waals surface area (Å²) in [4.78, 5) is 0.0124. The van der Waals surface area contributed by atoms with E-state index in [2.05, 4.69) is 4.74 Å². The Kier molecular flexibility index (Phi) is 5.68. The highest BCUT2D eigenvalue weighted by Crippen LogP contribution is 2.12. The van der Waals surface area contributed by atoms with Crippen molar-refractivity contribution in [1.82, 2.24) is 0 Å². The van der Waals surface area contributed by atoms with Gasteiger partial charge in [0.1, 0.15) is 0 Å². The van der Waals surface area contributed by atoms with Crippen molar-refractivity contribution in [3.05, 3.63) is 29.8 Å². The van der Waals surface area contributed by atoms with Crippen LogP contribution in [0, 0.1) is 11.3 Å². The third kappa shape index (κ3) is 4.92. The van der Waals surface area contributed by atoms with E-state index in [-0.39, 0.29) is 17.3 Å². The topological polar surface area (TPSA) is 101 Å². The van der Waals surface area contributed by atoms with Crippen molar-refractivity contribution in [3.8, 4) is 6.07 Å². The van der Waals surface area contributed by atoms with Gasteiger partial charge in [0, 0.05) is 7.11 Å². The fourth-order valence-electron chi connectivity index (χ4n) is 1.40. The van der Waals surface area contributed by atoms with E-state index in [0.717, 1.165) is 0 Å². The van der Waals surface area contributed by atoms with Gasteiger partial charge in [0.25, 0.3) is 0 Å². The highest BCUT2D eigenvalue weighted by Gasteiger charge is 2.19. The van der Waals surface area contributed by atoms with Crippen molar-refractivity contribution in [2.24, 2.45) is 0 Å². The van der Waals surface area contributed by atoms with Gasteiger partial charge in [-0.25, -0.2) is 16.8 Å². The standard InChI is InChI=1S/C12H15NO5S2/c1-18-6-7-19(14,15)8-9-20(16,17)12-4-2-11(10-13)3-5-12/h2-5H,6-9H2,1H3. The number of methoxy groups -OCH3 is 1. The van der Waals surface area contributed by atoms with Gasteiger partial charge in [-0.2, -0.15) is 5.26 Å². The zero-order valence-electron chi connectivity index (χ0n) is 10.9. The molecule has 0 amide bonds. The monoisotopic (exact) mass is 317 g/mol. The Morgan fingerprint density at radius 3 is 2.15 bits per heavy atom. The Morgan fingerprint density at radius 1 is 1.05 bits per heavy atom. The van der Waals surface area contributed by atoms with Crippen LogP contribution < -0.4 is 0 Å². The van der Waals surface area contributed by atoms with Crippen LogP contribution in [-0.2, 0) is 24.4 Å². The summed E-state index contributed by atoms with van der Waals surface area (Å²) in [5, 5.41) is 8.63. The average molecular weight is 317 g/mol. The molecule has 0 saturated heterocycles. The van der Waals surface area contributed by atoms with E-state index in [4.69, 9.17) is 5.26 Å². The molecule has 1 aromatic rings. The Balaban J connectivity index is 2.78. The summed E-state index contributed by atoms with van der Waals surface area (Å²) in [5.74, 6) is -1.13. The van der Waals surface area contributed by atoms with E-state index >= 15 is 0 Å². The van der Waals surface area contributed by atoms with Gasteiger partial charge in [-0.05, 0) is 24.3 Å². The molecule has 8 heteroatoms. The second-order valence-corrected chi connectivity index (χ2v) is 8.51. The average Bonchev–Trinajstić information content (AvgIpc) is 2.43. The first kappa shape index (κ1) is 16.6. The molecule has 0 bridgehead atoms. The third-order valence-corrected chi connectivity index (χ3v) is 6.21. The molecule has 0 saturated carbocycles. The second-order valence-electron chi connectivity index (χ2n) is 4.10. The molecule has 110 valence electrons. The fourth-order valence-corrected chi connectivity index (χ4v) is 4.71. The van der Waals surface area contributed by atoms with E-state index in [1.54, 1.807) is 0 Å². The van der Waals surface area contributed by atoms with E-state index < -0.39 is 31.2 Å². The number of rotatable bonds is 7. The molecule has 0 aromatic heterocycles. The van der Waals surface area contributed by atoms with Crippen molar-refractivity contribution in [2.45, 2.75) is 4.90 Å². The molecule has 0 N–H and O–H groups in total. The summed E-state index contributed by atoms with van der Waals surface area (Å²) in [6, 6.07) is 7.25.